The van der Waals surface area contributed by atoms with E-state index < -0.39 is 5.91 Å². The number of anilines is 4. The molecule has 154 valence electrons. The Kier molecular flexibility index (Phi) is 5.66. The van der Waals surface area contributed by atoms with E-state index in [1.807, 2.05) is 42.5 Å². The molecule has 3 heterocycles. The number of aromatic nitrogens is 4. The Morgan fingerprint density at radius 3 is 2.42 bits per heavy atom. The van der Waals surface area contributed by atoms with Crippen LogP contribution in [0.3, 0.4) is 0 Å². The van der Waals surface area contributed by atoms with Crippen LogP contribution in [0, 0.1) is 0 Å². The molecule has 0 aliphatic rings. The predicted octanol–water partition coefficient (Wildman–Crippen LogP) is 3.53. The van der Waals surface area contributed by atoms with Crippen LogP contribution in [0.4, 0.5) is 23.3 Å². The summed E-state index contributed by atoms with van der Waals surface area (Å²) in [5.74, 6) is 0.944. The van der Waals surface area contributed by atoms with Gasteiger partial charge in [-0.25, -0.2) is 9.97 Å². The first-order chi connectivity index (χ1) is 15.2. The zero-order chi connectivity index (χ0) is 21.6. The van der Waals surface area contributed by atoms with E-state index in [0.29, 0.717) is 17.3 Å². The largest absolute Gasteiger partial charge is 0.494 e. The Bertz CT molecular complexity index is 1200. The average Bonchev–Trinajstić information content (AvgIpc) is 2.80. The molecule has 0 unspecified atom stereocenters. The molecule has 9 heteroatoms. The lowest BCUT2D eigenvalue weighted by Gasteiger charge is -2.16. The molecule has 0 aliphatic heterocycles. The number of ether oxygens (including phenoxy) is 1. The number of para-hydroxylation sites is 1. The number of hydrogen-bond donors (Lipinski definition) is 3. The number of carbonyl (C=O) groups excluding carboxylic acids is 1. The Morgan fingerprint density at radius 1 is 0.935 bits per heavy atom. The maximum Gasteiger partial charge on any atom is 0.254 e. The third-order valence-electron chi connectivity index (χ3n) is 4.37. The molecule has 9 nitrogen and oxygen atoms in total. The number of benzene rings is 1. The number of hydrogen-bond acceptors (Lipinski definition) is 8. The van der Waals surface area contributed by atoms with Gasteiger partial charge in [0, 0.05) is 24.2 Å². The molecule has 0 aliphatic carbocycles. The summed E-state index contributed by atoms with van der Waals surface area (Å²) in [5.41, 5.74) is 7.79. The molecular formula is C22H19N7O2. The highest BCUT2D eigenvalue weighted by atomic mass is 16.5. The molecule has 0 atom stereocenters. The first-order valence-electron chi connectivity index (χ1n) is 9.36. The topological polar surface area (TPSA) is 128 Å². The Balaban J connectivity index is 1.73. The lowest BCUT2D eigenvalue weighted by Crippen LogP contribution is -2.16. The van der Waals surface area contributed by atoms with Crippen LogP contribution in [0.5, 0.6) is 5.75 Å². The van der Waals surface area contributed by atoms with Gasteiger partial charge in [0.05, 0.1) is 18.5 Å². The van der Waals surface area contributed by atoms with E-state index in [2.05, 4.69) is 30.6 Å². The molecule has 1 aromatic carbocycles. The fourth-order valence-electron chi connectivity index (χ4n) is 2.98. The lowest BCUT2D eigenvalue weighted by molar-refractivity contribution is 0.100. The first-order valence-corrected chi connectivity index (χ1v) is 9.36. The lowest BCUT2D eigenvalue weighted by atomic mass is 10.1. The Morgan fingerprint density at radius 2 is 1.74 bits per heavy atom. The smallest absolute Gasteiger partial charge is 0.254 e. The highest BCUT2D eigenvalue weighted by Gasteiger charge is 2.17. The van der Waals surface area contributed by atoms with Crippen molar-refractivity contribution in [2.75, 3.05) is 17.7 Å². The number of carbonyl (C=O) groups is 1. The molecule has 1 amide bonds. The van der Waals surface area contributed by atoms with Crippen molar-refractivity contribution in [2.45, 2.75) is 0 Å². The average molecular weight is 413 g/mol. The minimum Gasteiger partial charge on any atom is -0.494 e. The third-order valence-corrected chi connectivity index (χ3v) is 4.37. The van der Waals surface area contributed by atoms with Crippen molar-refractivity contribution in [3.63, 3.8) is 0 Å². The molecule has 0 radical (unpaired) electrons. The van der Waals surface area contributed by atoms with Crippen molar-refractivity contribution < 1.29 is 9.53 Å². The van der Waals surface area contributed by atoms with E-state index in [-0.39, 0.29) is 17.3 Å². The summed E-state index contributed by atoms with van der Waals surface area (Å²) in [6.45, 7) is 0. The van der Waals surface area contributed by atoms with Crippen LogP contribution in [0.15, 0.2) is 73.2 Å². The van der Waals surface area contributed by atoms with E-state index in [4.69, 9.17) is 10.5 Å². The van der Waals surface area contributed by atoms with Gasteiger partial charge in [-0.15, -0.1) is 0 Å². The minimum atomic E-state index is -0.660. The number of nitrogens with two attached hydrogens (primary N) is 1. The van der Waals surface area contributed by atoms with Crippen LogP contribution in [-0.2, 0) is 0 Å². The van der Waals surface area contributed by atoms with Crippen LogP contribution in [0.2, 0.25) is 0 Å². The highest BCUT2D eigenvalue weighted by molar-refractivity contribution is 5.98. The molecule has 0 bridgehead atoms. The second-order valence-electron chi connectivity index (χ2n) is 6.39. The van der Waals surface area contributed by atoms with Crippen LogP contribution in [0.25, 0.3) is 11.3 Å². The zero-order valence-corrected chi connectivity index (χ0v) is 16.6. The molecule has 4 rings (SSSR count). The van der Waals surface area contributed by atoms with Gasteiger partial charge in [-0.2, -0.15) is 4.98 Å². The van der Waals surface area contributed by atoms with E-state index in [1.54, 1.807) is 31.6 Å². The molecule has 4 N–H and O–H groups in total. The maximum absolute atomic E-state index is 12.0. The number of methoxy groups -OCH3 is 1. The molecule has 0 saturated heterocycles. The van der Waals surface area contributed by atoms with Crippen molar-refractivity contribution in [1.29, 1.82) is 0 Å². The summed E-state index contributed by atoms with van der Waals surface area (Å²) < 4.78 is 5.64. The number of pyridine rings is 2. The normalized spacial score (nSPS) is 10.4. The maximum atomic E-state index is 12.0. The molecule has 0 fully saturated rings. The summed E-state index contributed by atoms with van der Waals surface area (Å²) >= 11 is 0. The van der Waals surface area contributed by atoms with Crippen molar-refractivity contribution in [1.82, 2.24) is 19.9 Å². The minimum absolute atomic E-state index is 0.136. The Hall–Kier alpha value is -4.53. The number of nitrogens with one attached hydrogen (secondary N) is 2. The van der Waals surface area contributed by atoms with E-state index in [1.165, 1.54) is 6.20 Å². The highest BCUT2D eigenvalue weighted by Crippen LogP contribution is 2.37. The van der Waals surface area contributed by atoms with Gasteiger partial charge < -0.3 is 21.1 Å². The monoisotopic (exact) mass is 413 g/mol. The van der Waals surface area contributed by atoms with Gasteiger partial charge in [-0.3, -0.25) is 9.78 Å². The summed E-state index contributed by atoms with van der Waals surface area (Å²) in [4.78, 5) is 29.1. The standard InChI is InChI=1S/C22H19N7O2/c1-31-19-14(16-8-2-4-11-24-16)7-6-9-17(19)27-21-15(20(23)30)13-26-22(29-21)28-18-10-3-5-12-25-18/h2-13H,1H3,(H2,23,30)(H2,25,26,27,28,29). The van der Waals surface area contributed by atoms with E-state index in [0.717, 1.165) is 11.3 Å². The van der Waals surface area contributed by atoms with Gasteiger partial charge >= 0.3 is 0 Å². The fraction of sp³-hybridized carbons (Fsp3) is 0.0455. The van der Waals surface area contributed by atoms with Crippen LogP contribution in [-0.4, -0.2) is 33.0 Å². The third kappa shape index (κ3) is 4.40. The Labute approximate surface area is 178 Å². The number of amides is 1. The van der Waals surface area contributed by atoms with Crippen LogP contribution >= 0.6 is 0 Å². The SMILES string of the molecule is COc1c(Nc2nc(Nc3ccccn3)ncc2C(N)=O)cccc1-c1ccccn1. The molecule has 31 heavy (non-hydrogen) atoms. The fourth-order valence-corrected chi connectivity index (χ4v) is 2.98. The van der Waals surface area contributed by atoms with Gasteiger partial charge in [-0.1, -0.05) is 18.2 Å². The van der Waals surface area contributed by atoms with Crippen molar-refractivity contribution in [3.8, 4) is 17.0 Å². The van der Waals surface area contributed by atoms with Crippen molar-refractivity contribution >= 4 is 29.2 Å². The van der Waals surface area contributed by atoms with Gasteiger partial charge in [0.1, 0.15) is 17.2 Å². The molecule has 4 aromatic rings. The van der Waals surface area contributed by atoms with Gasteiger partial charge in [-0.05, 0) is 36.4 Å². The van der Waals surface area contributed by atoms with Gasteiger partial charge in [0.15, 0.2) is 5.75 Å². The number of rotatable bonds is 7. The summed E-state index contributed by atoms with van der Waals surface area (Å²) in [6.07, 6.45) is 4.71. The van der Waals surface area contributed by atoms with Gasteiger partial charge in [0.2, 0.25) is 5.95 Å². The summed E-state index contributed by atoms with van der Waals surface area (Å²) in [7, 11) is 1.57. The van der Waals surface area contributed by atoms with E-state index >= 15 is 0 Å². The molecule has 3 aromatic heterocycles. The van der Waals surface area contributed by atoms with Crippen LogP contribution < -0.4 is 21.1 Å². The number of nitrogens with zero attached hydrogens (tertiary/aromatic N) is 4. The van der Waals surface area contributed by atoms with Crippen molar-refractivity contribution in [3.05, 3.63) is 78.8 Å². The van der Waals surface area contributed by atoms with Crippen molar-refractivity contribution in [2.24, 2.45) is 5.73 Å². The molecule has 0 spiro atoms. The number of primary amides is 1. The predicted molar refractivity (Wildman–Crippen MR) is 118 cm³/mol. The molecular weight excluding hydrogens is 394 g/mol. The second-order valence-corrected chi connectivity index (χ2v) is 6.39. The first kappa shape index (κ1) is 19.8. The van der Waals surface area contributed by atoms with Crippen LogP contribution in [0.1, 0.15) is 10.4 Å². The summed E-state index contributed by atoms with van der Waals surface area (Å²) in [5, 5.41) is 6.14. The quantitative estimate of drug-likeness (QED) is 0.420. The van der Waals surface area contributed by atoms with E-state index in [9.17, 15) is 4.79 Å². The summed E-state index contributed by atoms with van der Waals surface area (Å²) in [6, 6.07) is 16.6. The molecule has 0 saturated carbocycles. The van der Waals surface area contributed by atoms with Gasteiger partial charge in [0.25, 0.3) is 5.91 Å². The zero-order valence-electron chi connectivity index (χ0n) is 16.6. The second kappa shape index (κ2) is 8.87.